The molecule has 25 heavy (non-hydrogen) atoms. The predicted octanol–water partition coefficient (Wildman–Crippen LogP) is 1.36. The molecule has 1 aromatic rings. The molecule has 1 aliphatic heterocycles. The van der Waals surface area contributed by atoms with E-state index in [4.69, 9.17) is 4.74 Å². The summed E-state index contributed by atoms with van der Waals surface area (Å²) >= 11 is 0. The molecule has 1 aliphatic carbocycles. The van der Waals surface area contributed by atoms with E-state index in [9.17, 15) is 9.59 Å². The van der Waals surface area contributed by atoms with Gasteiger partial charge < -0.3 is 10.1 Å². The molecule has 0 unspecified atom stereocenters. The van der Waals surface area contributed by atoms with Crippen LogP contribution in [-0.2, 0) is 22.5 Å². The van der Waals surface area contributed by atoms with Crippen LogP contribution in [0, 0.1) is 5.92 Å². The van der Waals surface area contributed by atoms with Gasteiger partial charge in [-0.2, -0.15) is 0 Å². The lowest BCUT2D eigenvalue weighted by molar-refractivity contribution is -0.127. The maximum absolute atomic E-state index is 12.6. The van der Waals surface area contributed by atoms with Gasteiger partial charge in [-0.1, -0.05) is 30.9 Å². The van der Waals surface area contributed by atoms with Gasteiger partial charge in [0.25, 0.3) is 5.91 Å². The highest BCUT2D eigenvalue weighted by Gasteiger charge is 2.39. The molecular formula is C17H27N5O3. The fourth-order valence-electron chi connectivity index (χ4n) is 3.63. The molecule has 2 aliphatic rings. The van der Waals surface area contributed by atoms with E-state index in [1.54, 1.807) is 18.0 Å². The average Bonchev–Trinajstić information content (AvgIpc) is 3.02. The summed E-state index contributed by atoms with van der Waals surface area (Å²) in [4.78, 5) is 26.3. The highest BCUT2D eigenvalue weighted by Crippen LogP contribution is 2.25. The third-order valence-electron chi connectivity index (χ3n) is 5.05. The zero-order valence-corrected chi connectivity index (χ0v) is 14.8. The third-order valence-corrected chi connectivity index (χ3v) is 5.05. The Balaban J connectivity index is 1.56. The topological polar surface area (TPSA) is 89.4 Å². The number of hydrogen-bond acceptors (Lipinski definition) is 5. The van der Waals surface area contributed by atoms with Crippen molar-refractivity contribution in [2.75, 3.05) is 20.3 Å². The lowest BCUT2D eigenvalue weighted by atomic mass is 10.00. The molecule has 138 valence electrons. The number of urea groups is 1. The maximum atomic E-state index is 12.6. The molecule has 8 heteroatoms. The number of aromatic nitrogens is 3. The molecule has 8 nitrogen and oxygen atoms in total. The lowest BCUT2D eigenvalue weighted by Crippen LogP contribution is -2.36. The molecule has 3 amide bonds. The van der Waals surface area contributed by atoms with Crippen molar-refractivity contribution in [2.45, 2.75) is 57.5 Å². The second-order valence-electron chi connectivity index (χ2n) is 6.98. The summed E-state index contributed by atoms with van der Waals surface area (Å²) in [6.45, 7) is 1.71. The Kier molecular flexibility index (Phi) is 6.01. The van der Waals surface area contributed by atoms with Crippen molar-refractivity contribution >= 4 is 11.9 Å². The molecule has 1 atom stereocenters. The van der Waals surface area contributed by atoms with Crippen molar-refractivity contribution in [3.8, 4) is 0 Å². The highest BCUT2D eigenvalue weighted by molar-refractivity contribution is 6.04. The van der Waals surface area contributed by atoms with Crippen LogP contribution < -0.4 is 5.32 Å². The first-order valence-electron chi connectivity index (χ1n) is 9.17. The van der Waals surface area contributed by atoms with Crippen molar-refractivity contribution in [3.63, 3.8) is 0 Å². The smallest absolute Gasteiger partial charge is 0.324 e. The zero-order chi connectivity index (χ0) is 17.6. The van der Waals surface area contributed by atoms with Crippen LogP contribution in [0.1, 0.15) is 44.2 Å². The van der Waals surface area contributed by atoms with Crippen LogP contribution in [0.4, 0.5) is 4.79 Å². The Morgan fingerprint density at radius 2 is 2.00 bits per heavy atom. The van der Waals surface area contributed by atoms with E-state index in [-0.39, 0.29) is 11.9 Å². The monoisotopic (exact) mass is 349 g/mol. The van der Waals surface area contributed by atoms with Gasteiger partial charge in [-0.15, -0.1) is 5.10 Å². The van der Waals surface area contributed by atoms with Crippen LogP contribution in [0.15, 0.2) is 6.20 Å². The Morgan fingerprint density at radius 1 is 1.24 bits per heavy atom. The number of carbonyl (C=O) groups excluding carboxylic acids is 2. The predicted molar refractivity (Wildman–Crippen MR) is 90.8 cm³/mol. The molecule has 0 bridgehead atoms. The van der Waals surface area contributed by atoms with Gasteiger partial charge in [0.1, 0.15) is 6.04 Å². The van der Waals surface area contributed by atoms with Crippen molar-refractivity contribution in [2.24, 2.45) is 5.92 Å². The first-order chi connectivity index (χ1) is 12.2. The summed E-state index contributed by atoms with van der Waals surface area (Å²) in [7, 11) is 1.63. The van der Waals surface area contributed by atoms with Crippen molar-refractivity contribution in [1.82, 2.24) is 25.2 Å². The minimum Gasteiger partial charge on any atom is -0.383 e. The first kappa shape index (κ1) is 17.8. The summed E-state index contributed by atoms with van der Waals surface area (Å²) in [5, 5.41) is 10.9. The van der Waals surface area contributed by atoms with E-state index in [0.717, 1.165) is 12.8 Å². The molecule has 2 heterocycles. The number of methoxy groups -OCH3 is 1. The number of amides is 3. The minimum atomic E-state index is -0.536. The second kappa shape index (κ2) is 8.42. The van der Waals surface area contributed by atoms with E-state index >= 15 is 0 Å². The van der Waals surface area contributed by atoms with E-state index < -0.39 is 6.04 Å². The van der Waals surface area contributed by atoms with Gasteiger partial charge in [-0.05, 0) is 18.8 Å². The minimum absolute atomic E-state index is 0.138. The lowest BCUT2D eigenvalue weighted by Gasteiger charge is -2.20. The van der Waals surface area contributed by atoms with Gasteiger partial charge in [0.15, 0.2) is 0 Å². The van der Waals surface area contributed by atoms with Gasteiger partial charge >= 0.3 is 6.03 Å². The van der Waals surface area contributed by atoms with Crippen molar-refractivity contribution in [3.05, 3.63) is 11.9 Å². The van der Waals surface area contributed by atoms with E-state index in [1.165, 1.54) is 30.6 Å². The van der Waals surface area contributed by atoms with Crippen molar-refractivity contribution in [1.29, 1.82) is 0 Å². The van der Waals surface area contributed by atoms with Crippen LogP contribution in [-0.4, -0.2) is 58.1 Å². The average molecular weight is 349 g/mol. The number of carbonyl (C=O) groups is 2. The highest BCUT2D eigenvalue weighted by atomic mass is 16.5. The number of nitrogens with zero attached hydrogens (tertiary/aromatic N) is 4. The number of rotatable bonds is 7. The summed E-state index contributed by atoms with van der Waals surface area (Å²) in [6, 6.07) is -0.808. The van der Waals surface area contributed by atoms with Crippen LogP contribution in [0.25, 0.3) is 0 Å². The maximum Gasteiger partial charge on any atom is 0.324 e. The van der Waals surface area contributed by atoms with Gasteiger partial charge in [0.2, 0.25) is 0 Å². The number of ether oxygens (including phenoxy) is 1. The van der Waals surface area contributed by atoms with Crippen LogP contribution in [0.5, 0.6) is 0 Å². The number of hydrogen-bond donors (Lipinski definition) is 1. The molecule has 1 aromatic heterocycles. The van der Waals surface area contributed by atoms with Gasteiger partial charge in [0.05, 0.1) is 18.8 Å². The van der Waals surface area contributed by atoms with Crippen LogP contribution in [0.3, 0.4) is 0 Å². The van der Waals surface area contributed by atoms with Gasteiger partial charge in [-0.3, -0.25) is 9.69 Å². The standard InChI is InChI=1S/C17H27N5O3/c1-25-9-8-21-12-14(19-20-21)10-15-16(23)22(17(24)18-15)11-13-6-4-2-3-5-7-13/h12-13,15H,2-11H2,1H3,(H,18,24)/t15-/m1/s1. The van der Waals surface area contributed by atoms with Crippen LogP contribution in [0.2, 0.25) is 0 Å². The fourth-order valence-corrected chi connectivity index (χ4v) is 3.63. The van der Waals surface area contributed by atoms with E-state index in [1.807, 2.05) is 0 Å². The summed E-state index contributed by atoms with van der Waals surface area (Å²) in [6.07, 6.45) is 9.30. The Bertz CT molecular complexity index is 595. The molecule has 1 N–H and O–H groups in total. The Labute approximate surface area is 147 Å². The molecule has 2 fully saturated rings. The molecular weight excluding hydrogens is 322 g/mol. The van der Waals surface area contributed by atoms with Gasteiger partial charge in [0, 0.05) is 26.3 Å². The SMILES string of the molecule is COCCn1cc(C[C@H]2NC(=O)N(CC3CCCCCC3)C2=O)nn1. The molecule has 0 radical (unpaired) electrons. The normalized spacial score (nSPS) is 22.3. The Hall–Kier alpha value is -1.96. The summed E-state index contributed by atoms with van der Waals surface area (Å²) in [5.41, 5.74) is 0.700. The number of imide groups is 1. The molecule has 3 rings (SSSR count). The largest absolute Gasteiger partial charge is 0.383 e. The number of nitrogens with one attached hydrogen (secondary N) is 1. The second-order valence-corrected chi connectivity index (χ2v) is 6.98. The van der Waals surface area contributed by atoms with E-state index in [0.29, 0.717) is 37.7 Å². The quantitative estimate of drug-likeness (QED) is 0.593. The molecule has 0 spiro atoms. The van der Waals surface area contributed by atoms with Crippen LogP contribution >= 0.6 is 0 Å². The molecule has 0 aromatic carbocycles. The fraction of sp³-hybridized carbons (Fsp3) is 0.765. The summed E-state index contributed by atoms with van der Waals surface area (Å²) < 4.78 is 6.69. The first-order valence-corrected chi connectivity index (χ1v) is 9.17. The van der Waals surface area contributed by atoms with Crippen molar-refractivity contribution < 1.29 is 14.3 Å². The zero-order valence-electron chi connectivity index (χ0n) is 14.8. The third kappa shape index (κ3) is 4.56. The summed E-state index contributed by atoms with van der Waals surface area (Å²) in [5.74, 6) is 0.298. The van der Waals surface area contributed by atoms with E-state index in [2.05, 4.69) is 15.6 Å². The molecule has 1 saturated heterocycles. The Morgan fingerprint density at radius 3 is 2.72 bits per heavy atom. The molecule has 1 saturated carbocycles. The van der Waals surface area contributed by atoms with Gasteiger partial charge in [-0.25, -0.2) is 9.48 Å².